The third-order valence-corrected chi connectivity index (χ3v) is 3.66. The average molecular weight is 213 g/mol. The molecule has 0 N–H and O–H groups in total. The Balaban J connectivity index is 2.77. The van der Waals surface area contributed by atoms with Gasteiger partial charge in [-0.2, -0.15) is 0 Å². The smallest absolute Gasteiger partial charge is 0.409 e. The first-order chi connectivity index (χ1) is 6.94. The molecular weight excluding hydrogens is 190 g/mol. The van der Waals surface area contributed by atoms with Gasteiger partial charge in [-0.15, -0.1) is 0 Å². The van der Waals surface area contributed by atoms with Crippen molar-refractivity contribution in [1.29, 1.82) is 0 Å². The van der Waals surface area contributed by atoms with Crippen molar-refractivity contribution in [1.82, 2.24) is 4.90 Å². The van der Waals surface area contributed by atoms with Crippen LogP contribution in [-0.4, -0.2) is 31.2 Å². The second-order valence-electron chi connectivity index (χ2n) is 5.21. The first kappa shape index (κ1) is 12.3. The molecule has 1 atom stereocenters. The number of methoxy groups -OCH3 is 1. The molecule has 0 aromatic rings. The quantitative estimate of drug-likeness (QED) is 0.718. The molecule has 0 aromatic heterocycles. The number of rotatable bonds is 4. The van der Waals surface area contributed by atoms with E-state index in [1.165, 1.54) is 20.0 Å². The Labute approximate surface area is 92.8 Å². The highest BCUT2D eigenvalue weighted by Gasteiger charge is 2.44. The van der Waals surface area contributed by atoms with E-state index in [0.29, 0.717) is 12.0 Å². The molecule has 0 aliphatic heterocycles. The maximum atomic E-state index is 11.6. The van der Waals surface area contributed by atoms with Crippen molar-refractivity contribution in [2.75, 3.05) is 14.2 Å². The fraction of sp³-hybridized carbons (Fsp3) is 0.917. The van der Waals surface area contributed by atoms with Crippen LogP contribution in [0.3, 0.4) is 0 Å². The Hall–Kier alpha value is -0.730. The Bertz CT molecular complexity index is 234. The summed E-state index contributed by atoms with van der Waals surface area (Å²) in [6.45, 7) is 6.64. The molecule has 1 aliphatic rings. The maximum absolute atomic E-state index is 11.6. The highest BCUT2D eigenvalue weighted by Crippen LogP contribution is 2.44. The van der Waals surface area contributed by atoms with Gasteiger partial charge in [-0.3, -0.25) is 0 Å². The molecule has 1 amide bonds. The molecule has 3 heteroatoms. The van der Waals surface area contributed by atoms with Gasteiger partial charge < -0.3 is 9.64 Å². The molecule has 0 heterocycles. The Morgan fingerprint density at radius 2 is 2.07 bits per heavy atom. The summed E-state index contributed by atoms with van der Waals surface area (Å²) in [5, 5.41) is 0. The molecule has 0 radical (unpaired) electrons. The van der Waals surface area contributed by atoms with Crippen molar-refractivity contribution in [3.63, 3.8) is 0 Å². The van der Waals surface area contributed by atoms with Crippen LogP contribution >= 0.6 is 0 Å². The lowest BCUT2D eigenvalue weighted by Gasteiger charge is -2.39. The summed E-state index contributed by atoms with van der Waals surface area (Å²) >= 11 is 0. The minimum atomic E-state index is -0.214. The second kappa shape index (κ2) is 4.42. The SMILES string of the molecule is CCC(C)(C)C(C1CC1)N(C)C(=O)OC. The maximum Gasteiger partial charge on any atom is 0.409 e. The van der Waals surface area contributed by atoms with E-state index in [1.807, 2.05) is 7.05 Å². The third-order valence-electron chi connectivity index (χ3n) is 3.66. The zero-order valence-corrected chi connectivity index (χ0v) is 10.5. The predicted octanol–water partition coefficient (Wildman–Crippen LogP) is 2.90. The van der Waals surface area contributed by atoms with Crippen LogP contribution in [-0.2, 0) is 4.74 Å². The van der Waals surface area contributed by atoms with E-state index < -0.39 is 0 Å². The van der Waals surface area contributed by atoms with Crippen LogP contribution in [0.25, 0.3) is 0 Å². The number of hydrogen-bond acceptors (Lipinski definition) is 2. The second-order valence-corrected chi connectivity index (χ2v) is 5.21. The monoisotopic (exact) mass is 213 g/mol. The Morgan fingerprint density at radius 1 is 1.53 bits per heavy atom. The van der Waals surface area contributed by atoms with E-state index in [9.17, 15) is 4.79 Å². The van der Waals surface area contributed by atoms with Crippen molar-refractivity contribution in [3.8, 4) is 0 Å². The summed E-state index contributed by atoms with van der Waals surface area (Å²) in [5.41, 5.74) is 0.171. The Morgan fingerprint density at radius 3 is 2.40 bits per heavy atom. The molecule has 88 valence electrons. The molecular formula is C12H23NO2. The minimum absolute atomic E-state index is 0.171. The molecule has 1 aliphatic carbocycles. The van der Waals surface area contributed by atoms with Crippen LogP contribution in [0.2, 0.25) is 0 Å². The summed E-state index contributed by atoms with van der Waals surface area (Å²) < 4.78 is 4.80. The van der Waals surface area contributed by atoms with Gasteiger partial charge in [0.2, 0.25) is 0 Å². The van der Waals surface area contributed by atoms with Crippen LogP contribution in [0.5, 0.6) is 0 Å². The molecule has 1 saturated carbocycles. The van der Waals surface area contributed by atoms with Gasteiger partial charge >= 0.3 is 6.09 Å². The summed E-state index contributed by atoms with van der Waals surface area (Å²) in [4.78, 5) is 13.3. The van der Waals surface area contributed by atoms with Gasteiger partial charge in [-0.25, -0.2) is 4.79 Å². The van der Waals surface area contributed by atoms with Gasteiger partial charge in [0.25, 0.3) is 0 Å². The van der Waals surface area contributed by atoms with E-state index in [2.05, 4.69) is 20.8 Å². The number of ether oxygens (including phenoxy) is 1. The van der Waals surface area contributed by atoms with Crippen LogP contribution < -0.4 is 0 Å². The molecule has 0 saturated heterocycles. The summed E-state index contributed by atoms with van der Waals surface area (Å²) in [5.74, 6) is 0.670. The first-order valence-electron chi connectivity index (χ1n) is 5.74. The molecule has 15 heavy (non-hydrogen) atoms. The van der Waals surface area contributed by atoms with Crippen molar-refractivity contribution in [3.05, 3.63) is 0 Å². The lowest BCUT2D eigenvalue weighted by molar-refractivity contribution is 0.0659. The minimum Gasteiger partial charge on any atom is -0.453 e. The molecule has 1 fully saturated rings. The van der Waals surface area contributed by atoms with Gasteiger partial charge in [-0.1, -0.05) is 20.8 Å². The number of amides is 1. The van der Waals surface area contributed by atoms with Crippen molar-refractivity contribution in [2.24, 2.45) is 11.3 Å². The topological polar surface area (TPSA) is 29.5 Å². The van der Waals surface area contributed by atoms with E-state index in [-0.39, 0.29) is 11.5 Å². The summed E-state index contributed by atoms with van der Waals surface area (Å²) in [6, 6.07) is 0.315. The fourth-order valence-corrected chi connectivity index (χ4v) is 2.36. The molecule has 1 rings (SSSR count). The zero-order valence-electron chi connectivity index (χ0n) is 10.5. The molecule has 1 unspecified atom stereocenters. The largest absolute Gasteiger partial charge is 0.453 e. The van der Waals surface area contributed by atoms with Crippen LogP contribution in [0.1, 0.15) is 40.0 Å². The van der Waals surface area contributed by atoms with Gasteiger partial charge in [-0.05, 0) is 30.6 Å². The molecule has 0 spiro atoms. The van der Waals surface area contributed by atoms with Crippen molar-refractivity contribution >= 4 is 6.09 Å². The molecule has 0 bridgehead atoms. The molecule has 0 aromatic carbocycles. The highest BCUT2D eigenvalue weighted by molar-refractivity contribution is 5.67. The average Bonchev–Trinajstić information content (AvgIpc) is 3.00. The standard InChI is InChI=1S/C12H23NO2/c1-6-12(2,3)10(9-7-8-9)13(4)11(14)15-5/h9-10H,6-8H2,1-5H3. The van der Waals surface area contributed by atoms with Gasteiger partial charge in [0.1, 0.15) is 0 Å². The van der Waals surface area contributed by atoms with Gasteiger partial charge in [0.05, 0.1) is 7.11 Å². The van der Waals surface area contributed by atoms with Gasteiger partial charge in [0.15, 0.2) is 0 Å². The highest BCUT2D eigenvalue weighted by atomic mass is 16.5. The van der Waals surface area contributed by atoms with Crippen molar-refractivity contribution < 1.29 is 9.53 Å². The van der Waals surface area contributed by atoms with Crippen LogP contribution in [0.15, 0.2) is 0 Å². The Kier molecular flexibility index (Phi) is 3.63. The zero-order chi connectivity index (χ0) is 11.6. The van der Waals surface area contributed by atoms with E-state index >= 15 is 0 Å². The number of carbonyl (C=O) groups is 1. The fourth-order valence-electron chi connectivity index (χ4n) is 2.36. The normalized spacial score (nSPS) is 18.5. The van der Waals surface area contributed by atoms with E-state index in [4.69, 9.17) is 4.74 Å². The number of carbonyl (C=O) groups excluding carboxylic acids is 1. The number of nitrogens with zero attached hydrogens (tertiary/aromatic N) is 1. The number of hydrogen-bond donors (Lipinski definition) is 0. The van der Waals surface area contributed by atoms with E-state index in [1.54, 1.807) is 4.90 Å². The van der Waals surface area contributed by atoms with Crippen molar-refractivity contribution in [2.45, 2.75) is 46.1 Å². The third kappa shape index (κ3) is 2.64. The lowest BCUT2D eigenvalue weighted by atomic mass is 9.78. The van der Waals surface area contributed by atoms with Crippen LogP contribution in [0.4, 0.5) is 4.79 Å². The van der Waals surface area contributed by atoms with E-state index in [0.717, 1.165) is 6.42 Å². The predicted molar refractivity (Wildman–Crippen MR) is 60.8 cm³/mol. The lowest BCUT2D eigenvalue weighted by Crippen LogP contribution is -2.47. The van der Waals surface area contributed by atoms with Crippen LogP contribution in [0, 0.1) is 11.3 Å². The summed E-state index contributed by atoms with van der Waals surface area (Å²) in [6.07, 6.45) is 3.36. The summed E-state index contributed by atoms with van der Waals surface area (Å²) in [7, 11) is 3.30. The first-order valence-corrected chi connectivity index (χ1v) is 5.74. The molecule has 3 nitrogen and oxygen atoms in total. The van der Waals surface area contributed by atoms with Gasteiger partial charge in [0, 0.05) is 13.1 Å².